The van der Waals surface area contributed by atoms with Crippen LogP contribution in [0.2, 0.25) is 0 Å². The van der Waals surface area contributed by atoms with Gasteiger partial charge in [-0.3, -0.25) is 0 Å². The van der Waals surface area contributed by atoms with Gasteiger partial charge in [0.15, 0.2) is 5.82 Å². The Morgan fingerprint density at radius 1 is 0.310 bits per heavy atom. The van der Waals surface area contributed by atoms with Crippen molar-refractivity contribution in [2.45, 2.75) is 0 Å². The molecule has 2 nitrogen and oxygen atoms in total. The third-order valence-electron chi connectivity index (χ3n) is 8.06. The number of hydrogen-bond donors (Lipinski definition) is 0. The highest BCUT2D eigenvalue weighted by molar-refractivity contribution is 6.15. The average Bonchev–Trinajstić information content (AvgIpc) is 3.07. The van der Waals surface area contributed by atoms with E-state index in [1.54, 1.807) is 0 Å². The van der Waals surface area contributed by atoms with Crippen LogP contribution in [-0.2, 0) is 0 Å². The maximum absolute atomic E-state index is 5.00. The maximum Gasteiger partial charge on any atom is 0.160 e. The third kappa shape index (κ3) is 4.31. The van der Waals surface area contributed by atoms with Crippen molar-refractivity contribution in [2.75, 3.05) is 0 Å². The van der Waals surface area contributed by atoms with Crippen LogP contribution in [0.25, 0.3) is 77.3 Å². The zero-order valence-electron chi connectivity index (χ0n) is 22.9. The molecule has 0 unspecified atom stereocenters. The molecule has 2 heteroatoms. The lowest BCUT2D eigenvalue weighted by molar-refractivity contribution is 1.18. The molecule has 0 saturated heterocycles. The summed E-state index contributed by atoms with van der Waals surface area (Å²) in [5.74, 6) is 0.726. The van der Waals surface area contributed by atoms with Crippen LogP contribution >= 0.6 is 0 Å². The first kappa shape index (κ1) is 24.2. The first-order valence-corrected chi connectivity index (χ1v) is 14.3. The molecule has 8 aromatic rings. The van der Waals surface area contributed by atoms with E-state index in [0.717, 1.165) is 33.9 Å². The number of aromatic nitrogens is 2. The number of benzene rings is 7. The smallest absolute Gasteiger partial charge is 0.160 e. The number of nitrogens with zero attached hydrogens (tertiary/aromatic N) is 2. The summed E-state index contributed by atoms with van der Waals surface area (Å²) in [6, 6.07) is 55.7. The van der Waals surface area contributed by atoms with E-state index in [-0.39, 0.29) is 0 Å². The Kier molecular flexibility index (Phi) is 5.82. The second kappa shape index (κ2) is 10.1. The molecule has 0 saturated carbocycles. The highest BCUT2D eigenvalue weighted by atomic mass is 14.9. The largest absolute Gasteiger partial charge is 0.228 e. The monoisotopic (exact) mass is 534 g/mol. The van der Waals surface area contributed by atoms with Gasteiger partial charge in [0, 0.05) is 16.7 Å². The van der Waals surface area contributed by atoms with E-state index in [2.05, 4.69) is 121 Å². The van der Waals surface area contributed by atoms with Crippen molar-refractivity contribution in [2.24, 2.45) is 0 Å². The Morgan fingerprint density at radius 3 is 1.62 bits per heavy atom. The van der Waals surface area contributed by atoms with Crippen LogP contribution in [0.5, 0.6) is 0 Å². The molecule has 1 aromatic heterocycles. The quantitative estimate of drug-likeness (QED) is 0.166. The van der Waals surface area contributed by atoms with E-state index in [4.69, 9.17) is 9.97 Å². The fourth-order valence-electron chi connectivity index (χ4n) is 5.92. The van der Waals surface area contributed by atoms with Gasteiger partial charge in [0.2, 0.25) is 0 Å². The highest BCUT2D eigenvalue weighted by Crippen LogP contribution is 2.36. The first-order chi connectivity index (χ1) is 20.8. The van der Waals surface area contributed by atoms with Crippen molar-refractivity contribution in [1.82, 2.24) is 9.97 Å². The predicted octanol–water partition coefficient (Wildman–Crippen LogP) is 10.6. The fraction of sp³-hybridized carbons (Fsp3) is 0. The molecule has 0 radical (unpaired) electrons. The molecule has 196 valence electrons. The highest BCUT2D eigenvalue weighted by Gasteiger charge is 2.12. The van der Waals surface area contributed by atoms with Crippen molar-refractivity contribution in [3.63, 3.8) is 0 Å². The van der Waals surface area contributed by atoms with Gasteiger partial charge in [-0.15, -0.1) is 0 Å². The SMILES string of the molecule is c1ccc(-c2cc(-c3ccc(-c4cccc5c4ccc4cc6ccccc6cc45)cc3)nc(-c3ccccc3)n2)cc1. The second-order valence-corrected chi connectivity index (χ2v) is 10.7. The zero-order chi connectivity index (χ0) is 27.9. The van der Waals surface area contributed by atoms with Gasteiger partial charge in [0.05, 0.1) is 11.4 Å². The lowest BCUT2D eigenvalue weighted by Crippen LogP contribution is -1.95. The minimum atomic E-state index is 0.726. The third-order valence-corrected chi connectivity index (χ3v) is 8.06. The van der Waals surface area contributed by atoms with Crippen LogP contribution in [0.1, 0.15) is 0 Å². The topological polar surface area (TPSA) is 25.8 Å². The summed E-state index contributed by atoms with van der Waals surface area (Å²) < 4.78 is 0. The van der Waals surface area contributed by atoms with Crippen molar-refractivity contribution in [3.8, 4) is 45.0 Å². The van der Waals surface area contributed by atoms with Gasteiger partial charge in [-0.2, -0.15) is 0 Å². The Hall–Kier alpha value is -5.60. The molecule has 0 bridgehead atoms. The van der Waals surface area contributed by atoms with Crippen molar-refractivity contribution < 1.29 is 0 Å². The molecule has 0 aliphatic carbocycles. The van der Waals surface area contributed by atoms with Crippen LogP contribution in [0.15, 0.2) is 158 Å². The van der Waals surface area contributed by atoms with Gasteiger partial charge in [-0.25, -0.2) is 9.97 Å². The second-order valence-electron chi connectivity index (χ2n) is 10.7. The fourth-order valence-corrected chi connectivity index (χ4v) is 5.92. The molecular formula is C40H26N2. The Bertz CT molecular complexity index is 2160. The molecule has 0 fully saturated rings. The summed E-state index contributed by atoms with van der Waals surface area (Å²) >= 11 is 0. The standard InChI is InChI=1S/C40H26N2/c1-3-10-28(11-4-1)38-26-39(42-40(41-38)30-12-5-2-6-13-30)29-20-18-27(19-21-29)34-16-9-17-35-36(34)23-22-33-24-31-14-7-8-15-32(31)25-37(33)35/h1-26H. The van der Waals surface area contributed by atoms with E-state index in [1.807, 2.05) is 36.4 Å². The van der Waals surface area contributed by atoms with Crippen LogP contribution in [0, 0.1) is 0 Å². The van der Waals surface area contributed by atoms with Crippen LogP contribution < -0.4 is 0 Å². The summed E-state index contributed by atoms with van der Waals surface area (Å²) in [6.07, 6.45) is 0. The molecule has 0 spiro atoms. The van der Waals surface area contributed by atoms with Gasteiger partial charge in [0.25, 0.3) is 0 Å². The summed E-state index contributed by atoms with van der Waals surface area (Å²) in [5.41, 5.74) is 7.38. The van der Waals surface area contributed by atoms with Crippen molar-refractivity contribution in [1.29, 1.82) is 0 Å². The molecule has 7 aromatic carbocycles. The van der Waals surface area contributed by atoms with E-state index in [9.17, 15) is 0 Å². The van der Waals surface area contributed by atoms with E-state index in [0.29, 0.717) is 0 Å². The van der Waals surface area contributed by atoms with Gasteiger partial charge in [0.1, 0.15) is 0 Å². The number of hydrogen-bond acceptors (Lipinski definition) is 2. The lowest BCUT2D eigenvalue weighted by atomic mass is 9.93. The minimum Gasteiger partial charge on any atom is -0.228 e. The lowest BCUT2D eigenvalue weighted by Gasteiger charge is -2.12. The summed E-state index contributed by atoms with van der Waals surface area (Å²) in [4.78, 5) is 9.93. The Balaban J connectivity index is 1.23. The average molecular weight is 535 g/mol. The molecule has 0 aliphatic rings. The van der Waals surface area contributed by atoms with E-state index in [1.165, 1.54) is 43.4 Å². The molecule has 42 heavy (non-hydrogen) atoms. The van der Waals surface area contributed by atoms with Crippen LogP contribution in [0.4, 0.5) is 0 Å². The molecule has 0 aliphatic heterocycles. The van der Waals surface area contributed by atoms with Crippen LogP contribution in [0.3, 0.4) is 0 Å². The van der Waals surface area contributed by atoms with E-state index >= 15 is 0 Å². The number of fused-ring (bicyclic) bond motifs is 4. The number of rotatable bonds is 4. The minimum absolute atomic E-state index is 0.726. The summed E-state index contributed by atoms with van der Waals surface area (Å²) in [6.45, 7) is 0. The normalized spacial score (nSPS) is 11.3. The van der Waals surface area contributed by atoms with Gasteiger partial charge < -0.3 is 0 Å². The molecule has 0 N–H and O–H groups in total. The molecule has 1 heterocycles. The molecule has 8 rings (SSSR count). The molecular weight excluding hydrogens is 508 g/mol. The molecule has 0 atom stereocenters. The van der Waals surface area contributed by atoms with Crippen LogP contribution in [-0.4, -0.2) is 9.97 Å². The summed E-state index contributed by atoms with van der Waals surface area (Å²) in [7, 11) is 0. The van der Waals surface area contributed by atoms with Gasteiger partial charge in [-0.05, 0) is 61.6 Å². The first-order valence-electron chi connectivity index (χ1n) is 14.3. The summed E-state index contributed by atoms with van der Waals surface area (Å²) in [5, 5.41) is 7.62. The zero-order valence-corrected chi connectivity index (χ0v) is 22.9. The Morgan fingerprint density at radius 2 is 0.905 bits per heavy atom. The van der Waals surface area contributed by atoms with Crippen molar-refractivity contribution >= 4 is 32.3 Å². The molecule has 0 amide bonds. The van der Waals surface area contributed by atoms with Gasteiger partial charge in [-0.1, -0.05) is 140 Å². The van der Waals surface area contributed by atoms with Gasteiger partial charge >= 0.3 is 0 Å². The Labute approximate surface area is 244 Å². The predicted molar refractivity (Wildman–Crippen MR) is 176 cm³/mol. The van der Waals surface area contributed by atoms with Crippen molar-refractivity contribution in [3.05, 3.63) is 158 Å². The maximum atomic E-state index is 5.00. The van der Waals surface area contributed by atoms with E-state index < -0.39 is 0 Å².